The third-order valence-electron chi connectivity index (χ3n) is 4.15. The number of aromatic nitrogens is 2. The van der Waals surface area contributed by atoms with Crippen molar-refractivity contribution in [2.75, 3.05) is 6.61 Å². The van der Waals surface area contributed by atoms with Gasteiger partial charge in [-0.2, -0.15) is 5.10 Å². The van der Waals surface area contributed by atoms with Crippen LogP contribution in [0.2, 0.25) is 0 Å². The van der Waals surface area contributed by atoms with Crippen LogP contribution in [0.15, 0.2) is 29.1 Å². The van der Waals surface area contributed by atoms with E-state index in [0.717, 1.165) is 25.7 Å². The molecule has 3 N–H and O–H groups in total. The molecule has 2 aromatic rings. The van der Waals surface area contributed by atoms with Gasteiger partial charge in [0.25, 0.3) is 11.5 Å². The Bertz CT molecular complexity index is 732. The van der Waals surface area contributed by atoms with Gasteiger partial charge in [-0.3, -0.25) is 9.59 Å². The lowest BCUT2D eigenvalue weighted by Crippen LogP contribution is -2.49. The fraction of sp³-hybridized carbons (Fsp3) is 0.400. The minimum Gasteiger partial charge on any atom is -0.394 e. The third kappa shape index (κ3) is 2.42. The van der Waals surface area contributed by atoms with E-state index in [9.17, 15) is 14.7 Å². The van der Waals surface area contributed by atoms with Gasteiger partial charge in [-0.15, -0.1) is 0 Å². The lowest BCUT2D eigenvalue weighted by Gasteiger charge is -2.27. The van der Waals surface area contributed by atoms with E-state index in [1.54, 1.807) is 24.3 Å². The highest BCUT2D eigenvalue weighted by molar-refractivity contribution is 6.05. The molecule has 0 saturated heterocycles. The SMILES string of the molecule is O=C(NC1(CO)CCCC1)c1n[nH]c(=O)c2ccccc12. The standard InChI is InChI=1S/C15H17N3O3/c19-9-15(7-3-4-8-15)16-14(21)12-10-5-1-2-6-11(10)13(20)18-17-12/h1-2,5-6,19H,3-4,7-9H2,(H,16,21)(H,18,20). The molecule has 6 heteroatoms. The Morgan fingerprint density at radius 3 is 2.62 bits per heavy atom. The average molecular weight is 287 g/mol. The molecule has 1 fully saturated rings. The molecule has 0 aliphatic heterocycles. The molecular weight excluding hydrogens is 270 g/mol. The summed E-state index contributed by atoms with van der Waals surface area (Å²) in [6, 6.07) is 6.86. The first-order valence-corrected chi connectivity index (χ1v) is 7.06. The summed E-state index contributed by atoms with van der Waals surface area (Å²) in [7, 11) is 0. The number of carbonyl (C=O) groups excluding carboxylic acids is 1. The van der Waals surface area contributed by atoms with Crippen molar-refractivity contribution in [1.29, 1.82) is 0 Å². The van der Waals surface area contributed by atoms with Gasteiger partial charge in [0.15, 0.2) is 5.69 Å². The largest absolute Gasteiger partial charge is 0.394 e. The number of nitrogens with zero attached hydrogens (tertiary/aromatic N) is 1. The van der Waals surface area contributed by atoms with E-state index in [0.29, 0.717) is 10.8 Å². The van der Waals surface area contributed by atoms with Gasteiger partial charge in [-0.25, -0.2) is 5.10 Å². The topological polar surface area (TPSA) is 95.1 Å². The van der Waals surface area contributed by atoms with E-state index in [1.165, 1.54) is 0 Å². The van der Waals surface area contributed by atoms with E-state index >= 15 is 0 Å². The van der Waals surface area contributed by atoms with Crippen LogP contribution in [0.3, 0.4) is 0 Å². The molecule has 1 heterocycles. The lowest BCUT2D eigenvalue weighted by molar-refractivity contribution is 0.0834. The van der Waals surface area contributed by atoms with Crippen molar-refractivity contribution in [3.05, 3.63) is 40.3 Å². The summed E-state index contributed by atoms with van der Waals surface area (Å²) in [6.07, 6.45) is 3.49. The Labute approximate surface area is 121 Å². The number of fused-ring (bicyclic) bond motifs is 1. The summed E-state index contributed by atoms with van der Waals surface area (Å²) in [5.74, 6) is -0.363. The maximum Gasteiger partial charge on any atom is 0.272 e. The molecule has 1 aromatic heterocycles. The van der Waals surface area contributed by atoms with Crippen molar-refractivity contribution >= 4 is 16.7 Å². The number of aliphatic hydroxyl groups excluding tert-OH is 1. The smallest absolute Gasteiger partial charge is 0.272 e. The molecule has 110 valence electrons. The Morgan fingerprint density at radius 2 is 1.95 bits per heavy atom. The number of amides is 1. The highest BCUT2D eigenvalue weighted by atomic mass is 16.3. The highest BCUT2D eigenvalue weighted by Gasteiger charge is 2.35. The summed E-state index contributed by atoms with van der Waals surface area (Å²) >= 11 is 0. The van der Waals surface area contributed by atoms with Gasteiger partial charge in [0, 0.05) is 5.39 Å². The molecule has 0 bridgehead atoms. The fourth-order valence-electron chi connectivity index (χ4n) is 2.96. The van der Waals surface area contributed by atoms with Gasteiger partial charge in [-0.05, 0) is 18.9 Å². The van der Waals surface area contributed by atoms with Crippen LogP contribution < -0.4 is 10.9 Å². The number of hydrogen-bond donors (Lipinski definition) is 3. The van der Waals surface area contributed by atoms with Crippen molar-refractivity contribution in [1.82, 2.24) is 15.5 Å². The number of nitrogens with one attached hydrogen (secondary N) is 2. The number of H-pyrrole nitrogens is 1. The van der Waals surface area contributed by atoms with Gasteiger partial charge < -0.3 is 10.4 Å². The Morgan fingerprint density at radius 1 is 1.29 bits per heavy atom. The van der Waals surface area contributed by atoms with Crippen molar-refractivity contribution in [2.45, 2.75) is 31.2 Å². The fourth-order valence-corrected chi connectivity index (χ4v) is 2.96. The molecule has 1 aliphatic carbocycles. The number of aliphatic hydroxyl groups is 1. The second-order valence-electron chi connectivity index (χ2n) is 5.55. The Balaban J connectivity index is 1.99. The molecule has 0 atom stereocenters. The van der Waals surface area contributed by atoms with Crippen LogP contribution in [0.1, 0.15) is 36.2 Å². The second-order valence-corrected chi connectivity index (χ2v) is 5.55. The molecule has 0 spiro atoms. The minimum atomic E-state index is -0.560. The molecule has 0 radical (unpaired) electrons. The van der Waals surface area contributed by atoms with Crippen molar-refractivity contribution in [3.8, 4) is 0 Å². The predicted molar refractivity (Wildman–Crippen MR) is 78.1 cm³/mol. The maximum atomic E-state index is 12.5. The zero-order valence-corrected chi connectivity index (χ0v) is 11.6. The van der Waals surface area contributed by atoms with Crippen molar-refractivity contribution in [3.63, 3.8) is 0 Å². The van der Waals surface area contributed by atoms with Crippen LogP contribution in [-0.2, 0) is 0 Å². The van der Waals surface area contributed by atoms with E-state index < -0.39 is 5.54 Å². The number of benzene rings is 1. The highest BCUT2D eigenvalue weighted by Crippen LogP contribution is 2.29. The molecular formula is C15H17N3O3. The van der Waals surface area contributed by atoms with E-state index in [-0.39, 0.29) is 23.8 Å². The monoisotopic (exact) mass is 287 g/mol. The molecule has 21 heavy (non-hydrogen) atoms. The van der Waals surface area contributed by atoms with E-state index in [2.05, 4.69) is 15.5 Å². The molecule has 1 aliphatic rings. The Kier molecular flexibility index (Phi) is 3.47. The van der Waals surface area contributed by atoms with Gasteiger partial charge in [0.1, 0.15) is 0 Å². The third-order valence-corrected chi connectivity index (χ3v) is 4.15. The number of rotatable bonds is 3. The predicted octanol–water partition coefficient (Wildman–Crippen LogP) is 0.958. The second kappa shape index (κ2) is 5.29. The number of aromatic amines is 1. The first-order valence-electron chi connectivity index (χ1n) is 7.06. The van der Waals surface area contributed by atoms with Crippen molar-refractivity contribution < 1.29 is 9.90 Å². The van der Waals surface area contributed by atoms with Crippen molar-refractivity contribution in [2.24, 2.45) is 0 Å². The average Bonchev–Trinajstić information content (AvgIpc) is 2.97. The van der Waals surface area contributed by atoms with E-state index in [1.807, 2.05) is 0 Å². The lowest BCUT2D eigenvalue weighted by atomic mass is 9.98. The Hall–Kier alpha value is -2.21. The van der Waals surface area contributed by atoms with Gasteiger partial charge in [0.05, 0.1) is 17.5 Å². The van der Waals surface area contributed by atoms with Gasteiger partial charge >= 0.3 is 0 Å². The van der Waals surface area contributed by atoms with Crippen LogP contribution in [-0.4, -0.2) is 33.4 Å². The summed E-state index contributed by atoms with van der Waals surface area (Å²) in [5, 5.41) is 19.7. The maximum absolute atomic E-state index is 12.5. The molecule has 3 rings (SSSR count). The van der Waals surface area contributed by atoms with Crippen LogP contribution >= 0.6 is 0 Å². The minimum absolute atomic E-state index is 0.0833. The van der Waals surface area contributed by atoms with Gasteiger partial charge in [-0.1, -0.05) is 31.0 Å². The normalized spacial score (nSPS) is 17.0. The molecule has 1 saturated carbocycles. The summed E-state index contributed by atoms with van der Waals surface area (Å²) in [5.41, 5.74) is -0.694. The summed E-state index contributed by atoms with van der Waals surface area (Å²) in [4.78, 5) is 24.2. The van der Waals surface area contributed by atoms with Crippen LogP contribution in [0, 0.1) is 0 Å². The summed E-state index contributed by atoms with van der Waals surface area (Å²) < 4.78 is 0. The van der Waals surface area contributed by atoms with Crippen LogP contribution in [0.5, 0.6) is 0 Å². The molecule has 1 amide bonds. The zero-order chi connectivity index (χ0) is 14.9. The number of carbonyl (C=O) groups is 1. The first kappa shape index (κ1) is 13.8. The molecule has 0 unspecified atom stereocenters. The summed E-state index contributed by atoms with van der Waals surface area (Å²) in [6.45, 7) is -0.0833. The quantitative estimate of drug-likeness (QED) is 0.783. The zero-order valence-electron chi connectivity index (χ0n) is 11.6. The van der Waals surface area contributed by atoms with Gasteiger partial charge in [0.2, 0.25) is 0 Å². The van der Waals surface area contributed by atoms with Crippen LogP contribution in [0.25, 0.3) is 10.8 Å². The number of hydrogen-bond acceptors (Lipinski definition) is 4. The molecule has 1 aromatic carbocycles. The first-order chi connectivity index (χ1) is 10.2. The molecule has 6 nitrogen and oxygen atoms in total. The van der Waals surface area contributed by atoms with E-state index in [4.69, 9.17) is 0 Å². The van der Waals surface area contributed by atoms with Crippen LogP contribution in [0.4, 0.5) is 0 Å².